The van der Waals surface area contributed by atoms with Crippen molar-refractivity contribution in [2.75, 3.05) is 0 Å². The van der Waals surface area contributed by atoms with E-state index in [1.54, 1.807) is 0 Å². The molecule has 0 spiro atoms. The molecular formula is C17H23NO3. The predicted octanol–water partition coefficient (Wildman–Crippen LogP) is 2.72. The van der Waals surface area contributed by atoms with E-state index in [0.717, 1.165) is 24.8 Å². The normalized spacial score (nSPS) is 19.5. The third-order valence-corrected chi connectivity index (χ3v) is 4.09. The van der Waals surface area contributed by atoms with Crippen LogP contribution in [-0.4, -0.2) is 23.0 Å². The van der Waals surface area contributed by atoms with Crippen LogP contribution in [0.25, 0.3) is 0 Å². The fourth-order valence-corrected chi connectivity index (χ4v) is 2.92. The number of amides is 1. The van der Waals surface area contributed by atoms with Crippen molar-refractivity contribution in [1.82, 2.24) is 5.32 Å². The maximum absolute atomic E-state index is 12.5. The minimum Gasteiger partial charge on any atom is -0.480 e. The molecule has 1 aromatic carbocycles. The first-order valence-electron chi connectivity index (χ1n) is 7.41. The number of hydrogen-bond donors (Lipinski definition) is 2. The van der Waals surface area contributed by atoms with Gasteiger partial charge in [-0.2, -0.15) is 0 Å². The molecule has 1 aromatic rings. The Bertz CT molecular complexity index is 545. The van der Waals surface area contributed by atoms with Crippen molar-refractivity contribution in [3.8, 4) is 0 Å². The molecule has 2 atom stereocenters. The van der Waals surface area contributed by atoms with Gasteiger partial charge < -0.3 is 10.4 Å². The third kappa shape index (κ3) is 3.43. The smallest absolute Gasteiger partial charge is 0.326 e. The molecule has 0 fully saturated rings. The van der Waals surface area contributed by atoms with E-state index in [2.05, 4.69) is 5.32 Å². The SMILES string of the molecule is CC(C)(C)C(NC(=O)C1CCCc2ccccc21)C(=O)O. The molecule has 1 aliphatic rings. The van der Waals surface area contributed by atoms with Crippen molar-refractivity contribution in [2.24, 2.45) is 5.41 Å². The van der Waals surface area contributed by atoms with E-state index in [4.69, 9.17) is 0 Å². The lowest BCUT2D eigenvalue weighted by Crippen LogP contribution is -2.50. The van der Waals surface area contributed by atoms with Crippen molar-refractivity contribution in [3.05, 3.63) is 35.4 Å². The zero-order valence-corrected chi connectivity index (χ0v) is 12.8. The molecule has 4 nitrogen and oxygen atoms in total. The highest BCUT2D eigenvalue weighted by molar-refractivity contribution is 5.89. The van der Waals surface area contributed by atoms with Crippen molar-refractivity contribution in [1.29, 1.82) is 0 Å². The number of hydrogen-bond acceptors (Lipinski definition) is 2. The molecule has 1 aliphatic carbocycles. The highest BCUT2D eigenvalue weighted by atomic mass is 16.4. The molecule has 0 heterocycles. The van der Waals surface area contributed by atoms with Crippen LogP contribution in [0, 0.1) is 5.41 Å². The van der Waals surface area contributed by atoms with E-state index >= 15 is 0 Å². The molecule has 2 rings (SSSR count). The first-order chi connectivity index (χ1) is 9.80. The number of nitrogens with one attached hydrogen (secondary N) is 1. The zero-order valence-electron chi connectivity index (χ0n) is 12.8. The Morgan fingerprint density at radius 1 is 1.29 bits per heavy atom. The van der Waals surface area contributed by atoms with Crippen LogP contribution >= 0.6 is 0 Å². The number of aryl methyl sites for hydroxylation is 1. The van der Waals surface area contributed by atoms with Crippen molar-refractivity contribution in [2.45, 2.75) is 52.0 Å². The number of carboxylic acid groups (broad SMARTS) is 1. The fourth-order valence-electron chi connectivity index (χ4n) is 2.92. The van der Waals surface area contributed by atoms with Gasteiger partial charge in [0.2, 0.25) is 5.91 Å². The van der Waals surface area contributed by atoms with Gasteiger partial charge in [-0.05, 0) is 35.8 Å². The number of fused-ring (bicyclic) bond motifs is 1. The van der Waals surface area contributed by atoms with E-state index in [1.165, 1.54) is 5.56 Å². The molecule has 2 N–H and O–H groups in total. The minimum atomic E-state index is -0.986. The van der Waals surface area contributed by atoms with E-state index in [9.17, 15) is 14.7 Å². The Balaban J connectivity index is 2.20. The van der Waals surface area contributed by atoms with E-state index in [1.807, 2.05) is 45.0 Å². The average molecular weight is 289 g/mol. The van der Waals surface area contributed by atoms with Crippen LogP contribution in [0.5, 0.6) is 0 Å². The van der Waals surface area contributed by atoms with Crippen LogP contribution in [0.3, 0.4) is 0 Å². The summed E-state index contributed by atoms with van der Waals surface area (Å²) in [5, 5.41) is 12.1. The number of aliphatic carboxylic acids is 1. The van der Waals surface area contributed by atoms with Gasteiger partial charge in [0.15, 0.2) is 0 Å². The molecule has 0 saturated heterocycles. The van der Waals surface area contributed by atoms with Gasteiger partial charge in [-0.15, -0.1) is 0 Å². The molecule has 2 unspecified atom stereocenters. The van der Waals surface area contributed by atoms with Crippen LogP contribution < -0.4 is 5.32 Å². The lowest BCUT2D eigenvalue weighted by molar-refractivity contribution is -0.145. The second-order valence-corrected chi connectivity index (χ2v) is 6.79. The van der Waals surface area contributed by atoms with Gasteiger partial charge in [-0.3, -0.25) is 4.79 Å². The quantitative estimate of drug-likeness (QED) is 0.899. The Morgan fingerprint density at radius 3 is 2.57 bits per heavy atom. The number of benzene rings is 1. The van der Waals surface area contributed by atoms with E-state index in [0.29, 0.717) is 0 Å². The van der Waals surface area contributed by atoms with Crippen LogP contribution in [0.4, 0.5) is 0 Å². The summed E-state index contributed by atoms with van der Waals surface area (Å²) < 4.78 is 0. The first-order valence-corrected chi connectivity index (χ1v) is 7.41. The molecule has 114 valence electrons. The monoisotopic (exact) mass is 289 g/mol. The molecule has 0 aliphatic heterocycles. The zero-order chi connectivity index (χ0) is 15.6. The summed E-state index contributed by atoms with van der Waals surface area (Å²) in [7, 11) is 0. The average Bonchev–Trinajstić information content (AvgIpc) is 2.42. The summed E-state index contributed by atoms with van der Waals surface area (Å²) in [6.45, 7) is 5.46. The van der Waals surface area contributed by atoms with Gasteiger partial charge in [0.05, 0.1) is 5.92 Å². The largest absolute Gasteiger partial charge is 0.480 e. The van der Waals surface area contributed by atoms with Crippen molar-refractivity contribution in [3.63, 3.8) is 0 Å². The Kier molecular flexibility index (Phi) is 4.35. The summed E-state index contributed by atoms with van der Waals surface area (Å²) in [6, 6.07) is 7.06. The first kappa shape index (κ1) is 15.5. The molecule has 21 heavy (non-hydrogen) atoms. The van der Waals surface area contributed by atoms with Crippen LogP contribution in [0.2, 0.25) is 0 Å². The topological polar surface area (TPSA) is 66.4 Å². The molecule has 4 heteroatoms. The number of carbonyl (C=O) groups is 2. The van der Waals surface area contributed by atoms with Gasteiger partial charge in [0.1, 0.15) is 6.04 Å². The molecule has 0 saturated carbocycles. The summed E-state index contributed by atoms with van der Waals surface area (Å²) in [4.78, 5) is 23.9. The lowest BCUT2D eigenvalue weighted by atomic mass is 9.81. The lowest BCUT2D eigenvalue weighted by Gasteiger charge is -2.31. The molecule has 0 aromatic heterocycles. The number of rotatable bonds is 3. The summed E-state index contributed by atoms with van der Waals surface area (Å²) in [6.07, 6.45) is 2.73. The standard InChI is InChI=1S/C17H23NO3/c1-17(2,3)14(16(20)21)18-15(19)13-10-6-8-11-7-4-5-9-12(11)13/h4-5,7,9,13-14H,6,8,10H2,1-3H3,(H,18,19)(H,20,21). The van der Waals surface area contributed by atoms with E-state index < -0.39 is 17.4 Å². The van der Waals surface area contributed by atoms with Crippen LogP contribution in [-0.2, 0) is 16.0 Å². The van der Waals surface area contributed by atoms with Crippen molar-refractivity contribution >= 4 is 11.9 Å². The predicted molar refractivity (Wildman–Crippen MR) is 81.1 cm³/mol. The molecule has 0 radical (unpaired) electrons. The Hall–Kier alpha value is -1.84. The molecule has 1 amide bonds. The Morgan fingerprint density at radius 2 is 1.95 bits per heavy atom. The second-order valence-electron chi connectivity index (χ2n) is 6.79. The number of carboxylic acids is 1. The minimum absolute atomic E-state index is 0.176. The maximum Gasteiger partial charge on any atom is 0.326 e. The summed E-state index contributed by atoms with van der Waals surface area (Å²) >= 11 is 0. The highest BCUT2D eigenvalue weighted by Gasteiger charge is 2.35. The van der Waals surface area contributed by atoms with Gasteiger partial charge in [-0.25, -0.2) is 4.79 Å². The molecule has 0 bridgehead atoms. The third-order valence-electron chi connectivity index (χ3n) is 4.09. The van der Waals surface area contributed by atoms with Gasteiger partial charge >= 0.3 is 5.97 Å². The second kappa shape index (κ2) is 5.88. The van der Waals surface area contributed by atoms with Gasteiger partial charge in [0, 0.05) is 0 Å². The summed E-state index contributed by atoms with van der Waals surface area (Å²) in [5.74, 6) is -1.40. The van der Waals surface area contributed by atoms with Crippen LogP contribution in [0.15, 0.2) is 24.3 Å². The maximum atomic E-state index is 12.5. The highest BCUT2D eigenvalue weighted by Crippen LogP contribution is 2.32. The van der Waals surface area contributed by atoms with Gasteiger partial charge in [-0.1, -0.05) is 45.0 Å². The van der Waals surface area contributed by atoms with Crippen molar-refractivity contribution < 1.29 is 14.7 Å². The molecular weight excluding hydrogens is 266 g/mol. The van der Waals surface area contributed by atoms with Gasteiger partial charge in [0.25, 0.3) is 0 Å². The Labute approximate surface area is 125 Å². The number of carbonyl (C=O) groups excluding carboxylic acids is 1. The van der Waals surface area contributed by atoms with E-state index in [-0.39, 0.29) is 11.8 Å². The summed E-state index contributed by atoms with van der Waals surface area (Å²) in [5.41, 5.74) is 1.72. The fraction of sp³-hybridized carbons (Fsp3) is 0.529. The van der Waals surface area contributed by atoms with Crippen LogP contribution in [0.1, 0.15) is 50.7 Å².